The number of para-hydroxylation sites is 1. The maximum absolute atomic E-state index is 5.56. The summed E-state index contributed by atoms with van der Waals surface area (Å²) in [5.74, 6) is 0.681. The van der Waals surface area contributed by atoms with Crippen LogP contribution in [0.4, 0.5) is 0 Å². The number of aromatic nitrogens is 3. The molecule has 49 heavy (non-hydrogen) atoms. The van der Waals surface area contributed by atoms with Gasteiger partial charge in [-0.1, -0.05) is 147 Å². The Morgan fingerprint density at radius 2 is 1.16 bits per heavy atom. The normalized spacial score (nSPS) is 13.3. The molecule has 1 aliphatic carbocycles. The van der Waals surface area contributed by atoms with Gasteiger partial charge in [0.25, 0.3) is 0 Å². The zero-order chi connectivity index (χ0) is 32.7. The van der Waals surface area contributed by atoms with Gasteiger partial charge < -0.3 is 0 Å². The van der Waals surface area contributed by atoms with Gasteiger partial charge in [0.2, 0.25) is 5.95 Å². The smallest absolute Gasteiger partial charge is 0.235 e. The van der Waals surface area contributed by atoms with Crippen molar-refractivity contribution >= 4 is 43.4 Å². The van der Waals surface area contributed by atoms with Gasteiger partial charge in [0.05, 0.1) is 26.9 Å². The highest BCUT2D eigenvalue weighted by molar-refractivity contribution is 7.23. The number of thiophene rings is 1. The van der Waals surface area contributed by atoms with Crippen molar-refractivity contribution in [1.29, 1.82) is 0 Å². The third-order valence-corrected chi connectivity index (χ3v) is 11.5. The van der Waals surface area contributed by atoms with Crippen molar-refractivity contribution in [2.24, 2.45) is 0 Å². The summed E-state index contributed by atoms with van der Waals surface area (Å²) in [5, 5.41) is 2.41. The van der Waals surface area contributed by atoms with Crippen molar-refractivity contribution in [3.05, 3.63) is 163 Å². The van der Waals surface area contributed by atoms with E-state index in [4.69, 9.17) is 9.97 Å². The van der Waals surface area contributed by atoms with Gasteiger partial charge >= 0.3 is 0 Å². The van der Waals surface area contributed by atoms with Crippen LogP contribution in [0.25, 0.3) is 81.9 Å². The van der Waals surface area contributed by atoms with Gasteiger partial charge in [-0.3, -0.25) is 4.57 Å². The lowest BCUT2D eigenvalue weighted by Gasteiger charge is -2.21. The first-order chi connectivity index (χ1) is 24.1. The maximum atomic E-state index is 5.56. The Balaban J connectivity index is 1.34. The molecule has 0 atom stereocenters. The molecule has 1 aliphatic rings. The van der Waals surface area contributed by atoms with Crippen molar-refractivity contribution in [3.63, 3.8) is 0 Å². The van der Waals surface area contributed by atoms with Crippen LogP contribution in [-0.2, 0) is 5.41 Å². The largest absolute Gasteiger partial charge is 0.278 e. The van der Waals surface area contributed by atoms with E-state index in [0.29, 0.717) is 5.95 Å². The lowest BCUT2D eigenvalue weighted by Crippen LogP contribution is -2.15. The highest BCUT2D eigenvalue weighted by atomic mass is 32.1. The lowest BCUT2D eigenvalue weighted by atomic mass is 9.82. The second-order valence-corrected chi connectivity index (χ2v) is 14.4. The van der Waals surface area contributed by atoms with Gasteiger partial charge in [0.15, 0.2) is 0 Å². The molecule has 0 unspecified atom stereocenters. The minimum atomic E-state index is -0.125. The van der Waals surface area contributed by atoms with E-state index in [1.54, 1.807) is 11.3 Å². The van der Waals surface area contributed by atoms with E-state index in [9.17, 15) is 0 Å². The average molecular weight is 646 g/mol. The van der Waals surface area contributed by atoms with E-state index in [0.717, 1.165) is 43.6 Å². The first-order valence-electron chi connectivity index (χ1n) is 16.8. The molecule has 0 amide bonds. The van der Waals surface area contributed by atoms with Crippen molar-refractivity contribution < 1.29 is 0 Å². The number of nitrogens with zero attached hydrogens (tertiary/aromatic N) is 3. The Kier molecular flexibility index (Phi) is 6.09. The average Bonchev–Trinajstić information content (AvgIpc) is 3.77. The van der Waals surface area contributed by atoms with E-state index in [2.05, 4.69) is 170 Å². The second kappa shape index (κ2) is 10.6. The summed E-state index contributed by atoms with van der Waals surface area (Å²) >= 11 is 1.78. The Bertz CT molecular complexity index is 2720. The van der Waals surface area contributed by atoms with Crippen LogP contribution in [0, 0.1) is 0 Å². The summed E-state index contributed by atoms with van der Waals surface area (Å²) in [6.07, 6.45) is 0. The molecule has 3 aromatic heterocycles. The quantitative estimate of drug-likeness (QED) is 0.191. The Hall–Kier alpha value is -5.84. The maximum Gasteiger partial charge on any atom is 0.235 e. The zero-order valence-corrected chi connectivity index (χ0v) is 28.0. The molecule has 3 heterocycles. The van der Waals surface area contributed by atoms with E-state index in [1.165, 1.54) is 43.5 Å². The molecule has 9 aromatic rings. The molecule has 0 radical (unpaired) electrons. The number of benzene rings is 6. The molecule has 0 fully saturated rings. The summed E-state index contributed by atoms with van der Waals surface area (Å²) in [6.45, 7) is 4.68. The molecular weight excluding hydrogens is 615 g/mol. The van der Waals surface area contributed by atoms with Crippen molar-refractivity contribution in [1.82, 2.24) is 14.5 Å². The molecule has 232 valence electrons. The summed E-state index contributed by atoms with van der Waals surface area (Å²) in [5.41, 5.74) is 13.9. The number of hydrogen-bond donors (Lipinski definition) is 0. The fraction of sp³-hybridized carbons (Fsp3) is 0.0667. The lowest BCUT2D eigenvalue weighted by molar-refractivity contribution is 0.661. The van der Waals surface area contributed by atoms with E-state index in [1.807, 2.05) is 0 Å². The fourth-order valence-corrected chi connectivity index (χ4v) is 9.18. The molecule has 0 bridgehead atoms. The zero-order valence-electron chi connectivity index (χ0n) is 27.2. The van der Waals surface area contributed by atoms with Crippen molar-refractivity contribution in [2.75, 3.05) is 0 Å². The van der Waals surface area contributed by atoms with Crippen LogP contribution in [0.3, 0.4) is 0 Å². The van der Waals surface area contributed by atoms with Crippen LogP contribution < -0.4 is 0 Å². The second-order valence-electron chi connectivity index (χ2n) is 13.4. The monoisotopic (exact) mass is 645 g/mol. The van der Waals surface area contributed by atoms with Gasteiger partial charge in [-0.2, -0.15) is 0 Å². The molecule has 10 rings (SSSR count). The first kappa shape index (κ1) is 28.2. The van der Waals surface area contributed by atoms with E-state index in [-0.39, 0.29) is 5.41 Å². The summed E-state index contributed by atoms with van der Waals surface area (Å²) < 4.78 is 3.38. The third-order valence-electron chi connectivity index (χ3n) is 10.2. The van der Waals surface area contributed by atoms with Crippen LogP contribution in [0.1, 0.15) is 25.0 Å². The highest BCUT2D eigenvalue weighted by Gasteiger charge is 2.36. The van der Waals surface area contributed by atoms with Gasteiger partial charge in [-0.05, 0) is 51.6 Å². The van der Waals surface area contributed by atoms with E-state index < -0.39 is 0 Å². The molecule has 3 nitrogen and oxygen atoms in total. The predicted octanol–water partition coefficient (Wildman–Crippen LogP) is 12.1. The standard InChI is InChI=1S/C45H31N3S/c1-45(2)35-24-14-12-22-31(35)33-26-34-32-23-13-15-25-37(32)48(38(34)27-36(33)45)44-46-40(29-18-8-4-9-19-29)43-41(47-44)39(28-16-6-3-7-17-28)42(49-43)30-20-10-5-11-21-30/h3-27H,1-2H3. The van der Waals surface area contributed by atoms with Gasteiger partial charge in [0, 0.05) is 32.2 Å². The summed E-state index contributed by atoms with van der Waals surface area (Å²) in [6, 6.07) is 54.3. The minimum Gasteiger partial charge on any atom is -0.278 e. The molecule has 0 saturated carbocycles. The van der Waals surface area contributed by atoms with Crippen LogP contribution >= 0.6 is 11.3 Å². The third kappa shape index (κ3) is 4.14. The minimum absolute atomic E-state index is 0.125. The first-order valence-corrected chi connectivity index (χ1v) is 17.6. The molecule has 0 aliphatic heterocycles. The molecule has 0 N–H and O–H groups in total. The van der Waals surface area contributed by atoms with Gasteiger partial charge in [-0.15, -0.1) is 11.3 Å². The van der Waals surface area contributed by atoms with Crippen LogP contribution in [0.2, 0.25) is 0 Å². The van der Waals surface area contributed by atoms with Crippen LogP contribution in [-0.4, -0.2) is 14.5 Å². The Morgan fingerprint density at radius 3 is 1.92 bits per heavy atom. The number of fused-ring (bicyclic) bond motifs is 7. The molecular formula is C45H31N3S. The SMILES string of the molecule is CC1(C)c2ccccc2-c2cc3c4ccccc4n(-c4nc(-c5ccccc5)c5sc(-c6ccccc6)c(-c6ccccc6)c5n4)c3cc21. The number of rotatable bonds is 4. The van der Waals surface area contributed by atoms with Gasteiger partial charge in [-0.25, -0.2) is 9.97 Å². The predicted molar refractivity (Wildman–Crippen MR) is 206 cm³/mol. The topological polar surface area (TPSA) is 30.7 Å². The molecule has 4 heteroatoms. The van der Waals surface area contributed by atoms with Crippen LogP contribution in [0.15, 0.2) is 152 Å². The summed E-state index contributed by atoms with van der Waals surface area (Å²) in [4.78, 5) is 12.2. The van der Waals surface area contributed by atoms with Crippen molar-refractivity contribution in [3.8, 4) is 49.9 Å². The van der Waals surface area contributed by atoms with Gasteiger partial charge in [0.1, 0.15) is 0 Å². The Morgan fingerprint density at radius 1 is 0.531 bits per heavy atom. The fourth-order valence-electron chi connectivity index (χ4n) is 7.90. The highest BCUT2D eigenvalue weighted by Crippen LogP contribution is 2.51. The van der Waals surface area contributed by atoms with Crippen LogP contribution in [0.5, 0.6) is 0 Å². The Labute approximate surface area is 288 Å². The number of hydrogen-bond acceptors (Lipinski definition) is 3. The summed E-state index contributed by atoms with van der Waals surface area (Å²) in [7, 11) is 0. The molecule has 6 aromatic carbocycles. The molecule has 0 spiro atoms. The van der Waals surface area contributed by atoms with E-state index >= 15 is 0 Å². The van der Waals surface area contributed by atoms with Crippen molar-refractivity contribution in [2.45, 2.75) is 19.3 Å². The molecule has 0 saturated heterocycles.